The number of hydrogen-bond acceptors (Lipinski definition) is 1. The lowest BCUT2D eigenvalue weighted by molar-refractivity contribution is 0.576. The monoisotopic (exact) mass is 283 g/mol. The molecule has 2 N–H and O–H groups in total. The average Bonchev–Trinajstić information content (AvgIpc) is 2.34. The molecule has 0 heterocycles. The van der Waals surface area contributed by atoms with Gasteiger partial charge in [0.05, 0.1) is 0 Å². The quantitative estimate of drug-likeness (QED) is 0.736. The molecule has 0 spiro atoms. The molecule has 0 aliphatic rings. The van der Waals surface area contributed by atoms with Crippen molar-refractivity contribution in [3.05, 3.63) is 33.4 Å². The van der Waals surface area contributed by atoms with Gasteiger partial charge >= 0.3 is 0 Å². The van der Waals surface area contributed by atoms with Crippen LogP contribution in [0.2, 0.25) is 0 Å². The lowest BCUT2D eigenvalue weighted by atomic mass is 9.85. The van der Waals surface area contributed by atoms with Crippen LogP contribution in [0.5, 0.6) is 0 Å². The van der Waals surface area contributed by atoms with Crippen LogP contribution < -0.4 is 5.73 Å². The van der Waals surface area contributed by atoms with Crippen molar-refractivity contribution in [1.82, 2.24) is 0 Å². The molecule has 1 nitrogen and oxygen atoms in total. The summed E-state index contributed by atoms with van der Waals surface area (Å²) in [4.78, 5) is 0. The minimum Gasteiger partial charge on any atom is -0.324 e. The number of halogens is 1. The summed E-state index contributed by atoms with van der Waals surface area (Å²) >= 11 is 0. The highest BCUT2D eigenvalue weighted by atomic mass is 35.5. The fourth-order valence-corrected chi connectivity index (χ4v) is 2.84. The molecule has 0 saturated heterocycles. The molecule has 19 heavy (non-hydrogen) atoms. The molecule has 0 bridgehead atoms. The third kappa shape index (κ3) is 3.97. The molecule has 1 atom stereocenters. The summed E-state index contributed by atoms with van der Waals surface area (Å²) in [6.07, 6.45) is 4.90. The standard InChI is InChI=1S/C17H29N.ClH/c1-7-8-9-10-16(18)17-14(5)12(3)11(2)13(4)15(17)6;/h16H,7-10,18H2,1-6H3;1H/t16-;/m0./s1. The lowest BCUT2D eigenvalue weighted by Gasteiger charge is -2.23. The van der Waals surface area contributed by atoms with Crippen LogP contribution in [-0.2, 0) is 0 Å². The van der Waals surface area contributed by atoms with Gasteiger partial charge in [-0.05, 0) is 74.4 Å². The van der Waals surface area contributed by atoms with Gasteiger partial charge in [0.1, 0.15) is 0 Å². The Morgan fingerprint density at radius 1 is 0.789 bits per heavy atom. The van der Waals surface area contributed by atoms with E-state index in [0.717, 1.165) is 6.42 Å². The van der Waals surface area contributed by atoms with E-state index >= 15 is 0 Å². The van der Waals surface area contributed by atoms with Gasteiger partial charge in [-0.25, -0.2) is 0 Å². The highest BCUT2D eigenvalue weighted by Crippen LogP contribution is 2.31. The van der Waals surface area contributed by atoms with Gasteiger partial charge in [0.2, 0.25) is 0 Å². The van der Waals surface area contributed by atoms with Crippen LogP contribution in [0.1, 0.15) is 72.0 Å². The van der Waals surface area contributed by atoms with Crippen molar-refractivity contribution in [3.8, 4) is 0 Å². The zero-order valence-electron chi connectivity index (χ0n) is 13.4. The first-order valence-electron chi connectivity index (χ1n) is 7.24. The Labute approximate surface area is 125 Å². The van der Waals surface area contributed by atoms with Crippen LogP contribution in [0.15, 0.2) is 0 Å². The normalized spacial score (nSPS) is 12.2. The Balaban J connectivity index is 0.00000324. The van der Waals surface area contributed by atoms with Gasteiger partial charge in [0, 0.05) is 6.04 Å². The maximum absolute atomic E-state index is 6.43. The molecule has 110 valence electrons. The largest absolute Gasteiger partial charge is 0.324 e. The summed E-state index contributed by atoms with van der Waals surface area (Å²) < 4.78 is 0. The van der Waals surface area contributed by atoms with Crippen molar-refractivity contribution in [2.45, 2.75) is 73.3 Å². The minimum absolute atomic E-state index is 0. The molecule has 0 radical (unpaired) electrons. The SMILES string of the molecule is CCCCC[C@H](N)c1c(C)c(C)c(C)c(C)c1C.Cl. The molecular formula is C17H30ClN. The highest BCUT2D eigenvalue weighted by Gasteiger charge is 2.17. The maximum Gasteiger partial charge on any atom is 0.0300 e. The average molecular weight is 284 g/mol. The topological polar surface area (TPSA) is 26.0 Å². The van der Waals surface area contributed by atoms with E-state index in [-0.39, 0.29) is 18.4 Å². The number of hydrogen-bond donors (Lipinski definition) is 1. The van der Waals surface area contributed by atoms with Crippen LogP contribution in [0.25, 0.3) is 0 Å². The first-order chi connectivity index (χ1) is 8.41. The predicted octanol–water partition coefficient (Wildman–Crippen LogP) is 5.23. The van der Waals surface area contributed by atoms with Gasteiger partial charge in [-0.2, -0.15) is 0 Å². The number of unbranched alkanes of at least 4 members (excludes halogenated alkanes) is 2. The second-order valence-corrected chi connectivity index (χ2v) is 5.64. The van der Waals surface area contributed by atoms with Gasteiger partial charge in [0.15, 0.2) is 0 Å². The van der Waals surface area contributed by atoms with E-state index < -0.39 is 0 Å². The molecule has 2 heteroatoms. The number of nitrogens with two attached hydrogens (primary N) is 1. The van der Waals surface area contributed by atoms with Crippen molar-refractivity contribution in [2.24, 2.45) is 5.73 Å². The van der Waals surface area contributed by atoms with Gasteiger partial charge in [-0.3, -0.25) is 0 Å². The number of rotatable bonds is 5. The van der Waals surface area contributed by atoms with E-state index in [9.17, 15) is 0 Å². The summed E-state index contributed by atoms with van der Waals surface area (Å²) in [5.74, 6) is 0. The van der Waals surface area contributed by atoms with E-state index in [1.165, 1.54) is 52.6 Å². The fourth-order valence-electron chi connectivity index (χ4n) is 2.84. The Morgan fingerprint density at radius 3 is 1.63 bits per heavy atom. The summed E-state index contributed by atoms with van der Waals surface area (Å²) in [5, 5.41) is 0. The molecule has 1 aromatic carbocycles. The van der Waals surface area contributed by atoms with E-state index in [2.05, 4.69) is 41.5 Å². The Kier molecular flexibility index (Phi) is 7.69. The third-order valence-corrected chi connectivity index (χ3v) is 4.55. The summed E-state index contributed by atoms with van der Waals surface area (Å²) in [6, 6.07) is 0.203. The Bertz CT molecular complexity index is 395. The molecule has 0 aliphatic heterocycles. The van der Waals surface area contributed by atoms with E-state index in [4.69, 9.17) is 5.73 Å². The molecule has 1 aromatic rings. The zero-order valence-corrected chi connectivity index (χ0v) is 14.2. The zero-order chi connectivity index (χ0) is 13.9. The van der Waals surface area contributed by atoms with Crippen LogP contribution in [0.3, 0.4) is 0 Å². The van der Waals surface area contributed by atoms with Crippen molar-refractivity contribution < 1.29 is 0 Å². The van der Waals surface area contributed by atoms with Crippen LogP contribution in [0.4, 0.5) is 0 Å². The third-order valence-electron chi connectivity index (χ3n) is 4.55. The first-order valence-corrected chi connectivity index (χ1v) is 7.24. The first kappa shape index (κ1) is 18.5. The molecule has 0 saturated carbocycles. The smallest absolute Gasteiger partial charge is 0.0300 e. The molecule has 0 aliphatic carbocycles. The number of benzene rings is 1. The predicted molar refractivity (Wildman–Crippen MR) is 88.4 cm³/mol. The van der Waals surface area contributed by atoms with Gasteiger partial charge in [-0.15, -0.1) is 12.4 Å². The molecule has 0 unspecified atom stereocenters. The van der Waals surface area contributed by atoms with E-state index in [0.29, 0.717) is 0 Å². The van der Waals surface area contributed by atoms with Crippen molar-refractivity contribution in [3.63, 3.8) is 0 Å². The van der Waals surface area contributed by atoms with E-state index in [1.54, 1.807) is 0 Å². The second kappa shape index (κ2) is 7.91. The summed E-state index contributed by atoms with van der Waals surface area (Å²) in [5.41, 5.74) is 14.9. The highest BCUT2D eigenvalue weighted by molar-refractivity contribution is 5.85. The Hall–Kier alpha value is -0.530. The molecule has 0 amide bonds. The van der Waals surface area contributed by atoms with Gasteiger partial charge in [0.25, 0.3) is 0 Å². The molecule has 1 rings (SSSR count). The van der Waals surface area contributed by atoms with Gasteiger partial charge < -0.3 is 5.73 Å². The van der Waals surface area contributed by atoms with Crippen molar-refractivity contribution in [1.29, 1.82) is 0 Å². The molecule has 0 fully saturated rings. The second-order valence-electron chi connectivity index (χ2n) is 5.64. The van der Waals surface area contributed by atoms with Crippen molar-refractivity contribution >= 4 is 12.4 Å². The van der Waals surface area contributed by atoms with Crippen LogP contribution >= 0.6 is 12.4 Å². The van der Waals surface area contributed by atoms with E-state index in [1.807, 2.05) is 0 Å². The van der Waals surface area contributed by atoms with Gasteiger partial charge in [-0.1, -0.05) is 26.2 Å². The lowest BCUT2D eigenvalue weighted by Crippen LogP contribution is -2.15. The Morgan fingerprint density at radius 2 is 1.21 bits per heavy atom. The maximum atomic E-state index is 6.43. The minimum atomic E-state index is 0. The van der Waals surface area contributed by atoms with Crippen LogP contribution in [0, 0.1) is 34.6 Å². The summed E-state index contributed by atoms with van der Waals surface area (Å²) in [7, 11) is 0. The molecular weight excluding hydrogens is 254 g/mol. The van der Waals surface area contributed by atoms with Crippen LogP contribution in [-0.4, -0.2) is 0 Å². The van der Waals surface area contributed by atoms with Crippen molar-refractivity contribution in [2.75, 3.05) is 0 Å². The summed E-state index contributed by atoms with van der Waals surface area (Å²) in [6.45, 7) is 13.4. The fraction of sp³-hybridized carbons (Fsp3) is 0.647. The molecule has 0 aromatic heterocycles.